The second kappa shape index (κ2) is 8.22. The van der Waals surface area contributed by atoms with Gasteiger partial charge in [0.1, 0.15) is 11.9 Å². The Morgan fingerprint density at radius 3 is 2.32 bits per heavy atom. The molecule has 4 nitrogen and oxygen atoms in total. The van der Waals surface area contributed by atoms with E-state index >= 15 is 0 Å². The van der Waals surface area contributed by atoms with Crippen LogP contribution in [-0.4, -0.2) is 26.3 Å². The van der Waals surface area contributed by atoms with Crippen molar-refractivity contribution in [3.05, 3.63) is 29.8 Å². The summed E-state index contributed by atoms with van der Waals surface area (Å²) in [7, 11) is 3.17. The summed E-state index contributed by atoms with van der Waals surface area (Å²) >= 11 is 0. The van der Waals surface area contributed by atoms with Gasteiger partial charge in [-0.05, 0) is 55.2 Å². The third-order valence-corrected chi connectivity index (χ3v) is 5.66. The average molecular weight is 348 g/mol. The molecule has 0 spiro atoms. The molecule has 140 valence electrons. The Kier molecular flexibility index (Phi) is 6.50. The van der Waals surface area contributed by atoms with Crippen molar-refractivity contribution in [1.29, 1.82) is 0 Å². The smallest absolute Gasteiger partial charge is 0.343 e. The minimum Gasteiger partial charge on any atom is -0.497 e. The molecular weight excluding hydrogens is 316 g/mol. The molecule has 1 saturated carbocycles. The van der Waals surface area contributed by atoms with Crippen LogP contribution in [0.3, 0.4) is 0 Å². The first-order valence-electron chi connectivity index (χ1n) is 9.22. The number of rotatable bonds is 6. The van der Waals surface area contributed by atoms with E-state index in [1.807, 2.05) is 24.3 Å². The van der Waals surface area contributed by atoms with Gasteiger partial charge in [-0.2, -0.15) is 0 Å². The summed E-state index contributed by atoms with van der Waals surface area (Å²) in [6.45, 7) is 8.42. The molecule has 0 radical (unpaired) electrons. The number of hydrogen-bond donors (Lipinski definition) is 0. The molecule has 1 aromatic rings. The highest BCUT2D eigenvalue weighted by atomic mass is 16.6. The highest BCUT2D eigenvalue weighted by Gasteiger charge is 2.41. The monoisotopic (exact) mass is 348 g/mol. The maximum Gasteiger partial charge on any atom is 0.343 e. The Hall–Kier alpha value is -1.55. The van der Waals surface area contributed by atoms with Crippen molar-refractivity contribution in [2.75, 3.05) is 14.2 Å². The molecule has 1 aliphatic rings. The molecule has 1 aliphatic carbocycles. The Morgan fingerprint density at radius 2 is 1.80 bits per heavy atom. The van der Waals surface area contributed by atoms with Gasteiger partial charge in [0, 0.05) is 7.11 Å². The van der Waals surface area contributed by atoms with Crippen LogP contribution < -0.4 is 4.74 Å². The van der Waals surface area contributed by atoms with Crippen molar-refractivity contribution in [3.8, 4) is 5.75 Å². The minimum atomic E-state index is -1.12. The molecule has 1 unspecified atom stereocenters. The number of ether oxygens (including phenoxy) is 3. The van der Waals surface area contributed by atoms with Crippen LogP contribution in [-0.2, 0) is 19.9 Å². The largest absolute Gasteiger partial charge is 0.497 e. The van der Waals surface area contributed by atoms with Crippen molar-refractivity contribution in [2.45, 2.75) is 58.7 Å². The van der Waals surface area contributed by atoms with Crippen LogP contribution in [0.15, 0.2) is 24.3 Å². The first kappa shape index (κ1) is 19.8. The molecule has 0 saturated heterocycles. The van der Waals surface area contributed by atoms with E-state index in [0.717, 1.165) is 24.2 Å². The summed E-state index contributed by atoms with van der Waals surface area (Å²) in [6.07, 6.45) is 3.21. The van der Waals surface area contributed by atoms with E-state index in [-0.39, 0.29) is 12.1 Å². The molecule has 2 rings (SSSR count). The summed E-state index contributed by atoms with van der Waals surface area (Å²) in [5, 5.41) is 0. The van der Waals surface area contributed by atoms with E-state index in [2.05, 4.69) is 20.8 Å². The number of methoxy groups -OCH3 is 2. The lowest BCUT2D eigenvalue weighted by Crippen LogP contribution is -2.43. The van der Waals surface area contributed by atoms with Crippen LogP contribution in [0.1, 0.15) is 52.5 Å². The lowest BCUT2D eigenvalue weighted by molar-refractivity contribution is -0.180. The van der Waals surface area contributed by atoms with Gasteiger partial charge in [0.2, 0.25) is 0 Å². The van der Waals surface area contributed by atoms with E-state index in [1.165, 1.54) is 6.42 Å². The fourth-order valence-electron chi connectivity index (χ4n) is 3.73. The van der Waals surface area contributed by atoms with Gasteiger partial charge in [-0.1, -0.05) is 39.3 Å². The standard InChI is InChI=1S/C21H32O4/c1-14(2)18-12-7-15(3)13-19(18)25-20(22)21(4,24-6)16-8-10-17(23-5)11-9-16/h8-11,14-15,18-19H,7,12-13H2,1-6H3/t15-,18+,19-,21?/m1/s1. The third-order valence-electron chi connectivity index (χ3n) is 5.66. The lowest BCUT2D eigenvalue weighted by atomic mass is 9.75. The van der Waals surface area contributed by atoms with Crippen molar-refractivity contribution >= 4 is 5.97 Å². The van der Waals surface area contributed by atoms with Gasteiger partial charge in [0.15, 0.2) is 5.60 Å². The van der Waals surface area contributed by atoms with Crippen LogP contribution in [0.25, 0.3) is 0 Å². The van der Waals surface area contributed by atoms with Gasteiger partial charge in [-0.15, -0.1) is 0 Å². The second-order valence-electron chi connectivity index (χ2n) is 7.74. The molecule has 0 heterocycles. The van der Waals surface area contributed by atoms with E-state index in [4.69, 9.17) is 14.2 Å². The van der Waals surface area contributed by atoms with Crippen molar-refractivity contribution in [1.82, 2.24) is 0 Å². The molecular formula is C21H32O4. The van der Waals surface area contributed by atoms with Crippen LogP contribution in [0, 0.1) is 17.8 Å². The van der Waals surface area contributed by atoms with Crippen LogP contribution >= 0.6 is 0 Å². The fourth-order valence-corrected chi connectivity index (χ4v) is 3.73. The van der Waals surface area contributed by atoms with Gasteiger partial charge in [0.25, 0.3) is 0 Å². The summed E-state index contributed by atoms with van der Waals surface area (Å²) < 4.78 is 16.8. The zero-order valence-electron chi connectivity index (χ0n) is 16.4. The highest BCUT2D eigenvalue weighted by molar-refractivity contribution is 5.81. The predicted octanol–water partition coefficient (Wildman–Crippen LogP) is 4.56. The SMILES string of the molecule is COc1ccc(C(C)(OC)C(=O)O[C@@H]2C[C@H](C)CC[C@H]2C(C)C)cc1. The summed E-state index contributed by atoms with van der Waals surface area (Å²) in [5.74, 6) is 1.93. The first-order chi connectivity index (χ1) is 11.8. The first-order valence-corrected chi connectivity index (χ1v) is 9.22. The van der Waals surface area contributed by atoms with Crippen molar-refractivity contribution in [2.24, 2.45) is 17.8 Å². The predicted molar refractivity (Wildman–Crippen MR) is 98.6 cm³/mol. The average Bonchev–Trinajstić information content (AvgIpc) is 2.60. The van der Waals surface area contributed by atoms with Gasteiger partial charge in [0.05, 0.1) is 7.11 Å². The number of carbonyl (C=O) groups excluding carboxylic acids is 1. The van der Waals surface area contributed by atoms with Gasteiger partial charge in [-0.3, -0.25) is 0 Å². The number of hydrogen-bond acceptors (Lipinski definition) is 4. The molecule has 25 heavy (non-hydrogen) atoms. The number of carbonyl (C=O) groups is 1. The molecule has 4 atom stereocenters. The Balaban J connectivity index is 2.19. The van der Waals surface area contributed by atoms with E-state index in [0.29, 0.717) is 17.8 Å². The van der Waals surface area contributed by atoms with E-state index in [9.17, 15) is 4.79 Å². The van der Waals surface area contributed by atoms with Gasteiger partial charge in [-0.25, -0.2) is 4.79 Å². The molecule has 0 aliphatic heterocycles. The lowest BCUT2D eigenvalue weighted by Gasteiger charge is -2.38. The zero-order chi connectivity index (χ0) is 18.6. The number of benzene rings is 1. The molecule has 0 aromatic heterocycles. The minimum absolute atomic E-state index is 0.0380. The molecule has 1 aromatic carbocycles. The topological polar surface area (TPSA) is 44.8 Å². The summed E-state index contributed by atoms with van der Waals surface area (Å²) in [6, 6.07) is 7.37. The van der Waals surface area contributed by atoms with Crippen molar-refractivity contribution < 1.29 is 19.0 Å². The molecule has 0 bridgehead atoms. The molecule has 0 amide bonds. The Bertz CT molecular complexity index is 566. The van der Waals surface area contributed by atoms with Gasteiger partial charge < -0.3 is 14.2 Å². The van der Waals surface area contributed by atoms with Crippen LogP contribution in [0.5, 0.6) is 5.75 Å². The van der Waals surface area contributed by atoms with Crippen molar-refractivity contribution in [3.63, 3.8) is 0 Å². The Labute approximate surface area is 151 Å². The quantitative estimate of drug-likeness (QED) is 0.707. The third kappa shape index (κ3) is 4.35. The normalized spacial score (nSPS) is 26.1. The maximum atomic E-state index is 13.0. The van der Waals surface area contributed by atoms with E-state index in [1.54, 1.807) is 21.1 Å². The van der Waals surface area contributed by atoms with Gasteiger partial charge >= 0.3 is 5.97 Å². The summed E-state index contributed by atoms with van der Waals surface area (Å²) in [5.41, 5.74) is -0.347. The van der Waals surface area contributed by atoms with Crippen LogP contribution in [0.2, 0.25) is 0 Å². The molecule has 1 fully saturated rings. The van der Waals surface area contributed by atoms with E-state index < -0.39 is 5.60 Å². The Morgan fingerprint density at radius 1 is 1.16 bits per heavy atom. The molecule has 0 N–H and O–H groups in total. The highest BCUT2D eigenvalue weighted by Crippen LogP contribution is 2.37. The maximum absolute atomic E-state index is 13.0. The summed E-state index contributed by atoms with van der Waals surface area (Å²) in [4.78, 5) is 13.0. The zero-order valence-corrected chi connectivity index (χ0v) is 16.4. The van der Waals surface area contributed by atoms with Crippen LogP contribution in [0.4, 0.5) is 0 Å². The molecule has 4 heteroatoms. The number of esters is 1. The fraction of sp³-hybridized carbons (Fsp3) is 0.667. The second-order valence-corrected chi connectivity index (χ2v) is 7.74.